The van der Waals surface area contributed by atoms with E-state index in [0.717, 1.165) is 28.1 Å². The topological polar surface area (TPSA) is 98.4 Å². The first-order valence-corrected chi connectivity index (χ1v) is 11.6. The fraction of sp³-hybridized carbons (Fsp3) is 0.150. The van der Waals surface area contributed by atoms with E-state index in [1.54, 1.807) is 12.3 Å². The summed E-state index contributed by atoms with van der Waals surface area (Å²) >= 11 is 0. The van der Waals surface area contributed by atoms with Crippen LogP contribution in [0.2, 0.25) is 0 Å². The van der Waals surface area contributed by atoms with Crippen LogP contribution in [0.3, 0.4) is 0 Å². The van der Waals surface area contributed by atoms with Crippen LogP contribution in [0, 0.1) is 5.82 Å². The molecule has 5 rings (SSSR count). The van der Waals surface area contributed by atoms with Gasteiger partial charge in [-0.1, -0.05) is 0 Å². The van der Waals surface area contributed by atoms with Crippen molar-refractivity contribution < 1.29 is 17.5 Å². The average Bonchev–Trinajstić information content (AvgIpc) is 2.71. The SMILES string of the molecule is CCOc1ccc2c3c(cnc2n1)C=CC1=Pc2cc(S(N)(=O)=O)cc(F)c2CN13. The summed E-state index contributed by atoms with van der Waals surface area (Å²) in [5.41, 5.74) is 3.68. The number of nitrogens with two attached hydrogens (primary N) is 1. The molecular formula is C20H16FN4O3PS. The molecule has 0 saturated carbocycles. The minimum Gasteiger partial charge on any atom is -0.478 e. The molecule has 4 heterocycles. The van der Waals surface area contributed by atoms with Gasteiger partial charge in [0, 0.05) is 34.1 Å². The highest BCUT2D eigenvalue weighted by Gasteiger charge is 2.28. The van der Waals surface area contributed by atoms with Gasteiger partial charge in [0.15, 0.2) is 5.65 Å². The van der Waals surface area contributed by atoms with Crippen LogP contribution in [0.15, 0.2) is 41.4 Å². The molecule has 7 nitrogen and oxygen atoms in total. The van der Waals surface area contributed by atoms with Gasteiger partial charge in [-0.2, -0.15) is 4.98 Å². The first-order chi connectivity index (χ1) is 14.3. The van der Waals surface area contributed by atoms with Crippen molar-refractivity contribution in [1.82, 2.24) is 9.97 Å². The minimum absolute atomic E-state index is 0.220. The maximum atomic E-state index is 14.8. The van der Waals surface area contributed by atoms with Crippen molar-refractivity contribution in [3.05, 3.63) is 53.5 Å². The second kappa shape index (κ2) is 6.84. The maximum Gasteiger partial charge on any atom is 0.238 e. The molecule has 0 saturated heterocycles. The van der Waals surface area contributed by atoms with Gasteiger partial charge < -0.3 is 9.64 Å². The van der Waals surface area contributed by atoms with Crippen LogP contribution in [0.4, 0.5) is 10.1 Å². The Balaban J connectivity index is 1.67. The zero-order valence-electron chi connectivity index (χ0n) is 15.8. The molecule has 0 unspecified atom stereocenters. The Morgan fingerprint density at radius 3 is 2.90 bits per heavy atom. The summed E-state index contributed by atoms with van der Waals surface area (Å²) in [6.07, 6.45) is 5.62. The van der Waals surface area contributed by atoms with Crippen molar-refractivity contribution in [2.24, 2.45) is 5.14 Å². The Morgan fingerprint density at radius 2 is 2.13 bits per heavy atom. The van der Waals surface area contributed by atoms with Gasteiger partial charge in [0.25, 0.3) is 0 Å². The van der Waals surface area contributed by atoms with Gasteiger partial charge in [0.05, 0.1) is 29.2 Å². The smallest absolute Gasteiger partial charge is 0.238 e. The third-order valence-corrected chi connectivity index (χ3v) is 7.13. The van der Waals surface area contributed by atoms with Crippen LogP contribution in [0.5, 0.6) is 5.88 Å². The number of ether oxygens (including phenoxy) is 1. The number of pyridine rings is 2. The normalized spacial score (nSPS) is 15.3. The van der Waals surface area contributed by atoms with Crippen molar-refractivity contribution in [1.29, 1.82) is 0 Å². The van der Waals surface area contributed by atoms with Crippen LogP contribution < -0.4 is 20.1 Å². The highest BCUT2D eigenvalue weighted by molar-refractivity contribution is 7.89. The van der Waals surface area contributed by atoms with Crippen LogP contribution in [0.1, 0.15) is 18.1 Å². The van der Waals surface area contributed by atoms with Crippen LogP contribution >= 0.6 is 8.20 Å². The lowest BCUT2D eigenvalue weighted by Crippen LogP contribution is -2.36. The summed E-state index contributed by atoms with van der Waals surface area (Å²) in [5.74, 6) is -0.0917. The van der Waals surface area contributed by atoms with Gasteiger partial charge in [0.2, 0.25) is 15.9 Å². The molecule has 0 atom stereocenters. The molecule has 2 aliphatic heterocycles. The lowest BCUT2D eigenvalue weighted by molar-refractivity contribution is 0.328. The summed E-state index contributed by atoms with van der Waals surface area (Å²) < 4.78 is 43.7. The molecule has 152 valence electrons. The van der Waals surface area contributed by atoms with E-state index in [2.05, 4.69) is 9.97 Å². The van der Waals surface area contributed by atoms with E-state index in [0.29, 0.717) is 37.2 Å². The average molecular weight is 442 g/mol. The van der Waals surface area contributed by atoms with E-state index in [9.17, 15) is 12.8 Å². The lowest BCUT2D eigenvalue weighted by atomic mass is 10.0. The molecule has 0 fully saturated rings. The van der Waals surface area contributed by atoms with Crippen LogP contribution in [-0.4, -0.2) is 30.4 Å². The fourth-order valence-electron chi connectivity index (χ4n) is 3.64. The number of rotatable bonds is 3. The van der Waals surface area contributed by atoms with Gasteiger partial charge >= 0.3 is 0 Å². The monoisotopic (exact) mass is 442 g/mol. The fourth-order valence-corrected chi connectivity index (χ4v) is 5.48. The Kier molecular flexibility index (Phi) is 4.36. The number of sulfonamides is 1. The predicted molar refractivity (Wildman–Crippen MR) is 115 cm³/mol. The molecular weight excluding hydrogens is 426 g/mol. The minimum atomic E-state index is -3.99. The molecule has 2 aromatic heterocycles. The largest absolute Gasteiger partial charge is 0.478 e. The molecule has 3 aromatic rings. The zero-order chi connectivity index (χ0) is 21.0. The molecule has 0 spiro atoms. The molecule has 2 aliphatic rings. The molecule has 10 heteroatoms. The van der Waals surface area contributed by atoms with Gasteiger partial charge in [-0.15, -0.1) is 0 Å². The van der Waals surface area contributed by atoms with Crippen molar-refractivity contribution in [3.63, 3.8) is 0 Å². The van der Waals surface area contributed by atoms with Gasteiger partial charge in [-0.3, -0.25) is 0 Å². The Morgan fingerprint density at radius 1 is 1.30 bits per heavy atom. The molecule has 0 bridgehead atoms. The van der Waals surface area contributed by atoms with Crippen molar-refractivity contribution in [2.45, 2.75) is 18.4 Å². The van der Waals surface area contributed by atoms with Gasteiger partial charge in [0.1, 0.15) is 5.82 Å². The number of fused-ring (bicyclic) bond motifs is 6. The lowest BCUT2D eigenvalue weighted by Gasteiger charge is -2.34. The number of hydrogen-bond donors (Lipinski definition) is 1. The number of hydrogen-bond acceptors (Lipinski definition) is 6. The maximum absolute atomic E-state index is 14.8. The van der Waals surface area contributed by atoms with E-state index >= 15 is 0 Å². The van der Waals surface area contributed by atoms with E-state index in [-0.39, 0.29) is 11.4 Å². The van der Waals surface area contributed by atoms with Crippen molar-refractivity contribution >= 4 is 51.7 Å². The van der Waals surface area contributed by atoms with Gasteiger partial charge in [-0.05, 0) is 45.5 Å². The Hall–Kier alpha value is -2.87. The highest BCUT2D eigenvalue weighted by Crippen LogP contribution is 2.38. The van der Waals surface area contributed by atoms with Crippen LogP contribution in [0.25, 0.3) is 17.1 Å². The Labute approximate surface area is 173 Å². The number of halogens is 1. The van der Waals surface area contributed by atoms with E-state index in [1.807, 2.05) is 30.0 Å². The van der Waals surface area contributed by atoms with Crippen LogP contribution in [-0.2, 0) is 16.6 Å². The number of primary sulfonamides is 1. The second-order valence-electron chi connectivity index (χ2n) is 6.85. The van der Waals surface area contributed by atoms with E-state index < -0.39 is 15.8 Å². The summed E-state index contributed by atoms with van der Waals surface area (Å²) in [5, 5.41) is 6.62. The van der Waals surface area contributed by atoms with Crippen molar-refractivity contribution in [2.75, 3.05) is 11.5 Å². The predicted octanol–water partition coefficient (Wildman–Crippen LogP) is 2.56. The first-order valence-electron chi connectivity index (χ1n) is 9.17. The van der Waals surface area contributed by atoms with E-state index in [4.69, 9.17) is 9.88 Å². The molecule has 30 heavy (non-hydrogen) atoms. The third-order valence-electron chi connectivity index (χ3n) is 4.98. The second-order valence-corrected chi connectivity index (χ2v) is 9.58. The quantitative estimate of drug-likeness (QED) is 0.626. The zero-order valence-corrected chi connectivity index (χ0v) is 17.5. The Bertz CT molecular complexity index is 1390. The summed E-state index contributed by atoms with van der Waals surface area (Å²) in [7, 11) is -3.30. The number of aromatic nitrogens is 2. The number of anilines is 1. The summed E-state index contributed by atoms with van der Waals surface area (Å²) in [6.45, 7) is 2.65. The standard InChI is InChI=1S/C20H16FN4O3PS/c1-2-28-17-5-4-13-19-11(9-23-20(13)24-17)3-6-18-25(19)10-14-15(21)7-12(30(22,26)27)8-16(14)29-18/h3-9H,2,10H2,1H3,(H2,22,26,27). The molecule has 0 amide bonds. The summed E-state index contributed by atoms with van der Waals surface area (Å²) in [6, 6.07) is 6.13. The molecule has 1 aromatic carbocycles. The molecule has 2 N–H and O–H groups in total. The molecule has 0 aliphatic carbocycles. The third kappa shape index (κ3) is 3.06. The number of benzene rings is 1. The first kappa shape index (κ1) is 19.1. The summed E-state index contributed by atoms with van der Waals surface area (Å²) in [4.78, 5) is 10.7. The van der Waals surface area contributed by atoms with E-state index in [1.165, 1.54) is 6.07 Å². The highest BCUT2D eigenvalue weighted by atomic mass is 32.2. The van der Waals surface area contributed by atoms with Gasteiger partial charge in [-0.25, -0.2) is 22.9 Å². The van der Waals surface area contributed by atoms with Crippen molar-refractivity contribution in [3.8, 4) is 5.88 Å². The molecule has 0 radical (unpaired) electrons. The number of nitrogens with zero attached hydrogens (tertiary/aromatic N) is 3.